The van der Waals surface area contributed by atoms with Crippen LogP contribution < -0.4 is 0 Å². The van der Waals surface area contributed by atoms with Gasteiger partial charge in [-0.3, -0.25) is 0 Å². The van der Waals surface area contributed by atoms with E-state index in [2.05, 4.69) is 37.2 Å². The first-order chi connectivity index (χ1) is 5.00. The van der Waals surface area contributed by atoms with E-state index in [0.29, 0.717) is 0 Å². The van der Waals surface area contributed by atoms with Crippen molar-refractivity contribution >= 4 is 0 Å². The van der Waals surface area contributed by atoms with Gasteiger partial charge in [0.2, 0.25) is 0 Å². The number of aromatic nitrogens is 2. The lowest BCUT2D eigenvalue weighted by Crippen LogP contribution is -2.12. The molecule has 0 radical (unpaired) electrons. The van der Waals surface area contributed by atoms with Crippen LogP contribution in [0.2, 0.25) is 0 Å². The van der Waals surface area contributed by atoms with E-state index in [-0.39, 0.29) is 5.41 Å². The van der Waals surface area contributed by atoms with Crippen molar-refractivity contribution in [1.29, 1.82) is 0 Å². The van der Waals surface area contributed by atoms with Gasteiger partial charge in [0.1, 0.15) is 5.82 Å². The molecule has 0 bridgehead atoms. The van der Waals surface area contributed by atoms with Crippen molar-refractivity contribution in [2.24, 2.45) is 0 Å². The van der Waals surface area contributed by atoms with Crippen molar-refractivity contribution in [1.82, 2.24) is 9.55 Å². The van der Waals surface area contributed by atoms with Gasteiger partial charge in [0.15, 0.2) is 0 Å². The Morgan fingerprint density at radius 2 is 2.00 bits per heavy atom. The van der Waals surface area contributed by atoms with Gasteiger partial charge in [0.05, 0.1) is 17.9 Å². The van der Waals surface area contributed by atoms with Crippen molar-refractivity contribution in [3.63, 3.8) is 0 Å². The van der Waals surface area contributed by atoms with Crippen molar-refractivity contribution in [3.05, 3.63) is 17.2 Å². The van der Waals surface area contributed by atoms with E-state index in [9.17, 15) is 0 Å². The summed E-state index contributed by atoms with van der Waals surface area (Å²) in [5, 5.41) is 0. The van der Waals surface area contributed by atoms with Gasteiger partial charge in [-0.1, -0.05) is 20.8 Å². The summed E-state index contributed by atoms with van der Waals surface area (Å²) in [6.45, 7) is 9.85. The summed E-state index contributed by atoms with van der Waals surface area (Å²) in [6.07, 6.45) is 0. The Morgan fingerprint density at radius 3 is 2.18 bits per heavy atom. The van der Waals surface area contributed by atoms with Gasteiger partial charge in [0.25, 0.3) is 0 Å². The predicted octanol–water partition coefficient (Wildman–Crippen LogP) is 1.85. The number of imidazole rings is 1. The minimum Gasteiger partial charge on any atom is -0.324 e. The first-order valence-electron chi connectivity index (χ1n) is 4.06. The van der Waals surface area contributed by atoms with Crippen LogP contribution in [-0.4, -0.2) is 9.55 Å². The zero-order valence-electron chi connectivity index (χ0n) is 7.60. The van der Waals surface area contributed by atoms with Gasteiger partial charge in [-0.2, -0.15) is 0 Å². The molecular formula is C9H14N2. The fourth-order valence-electron chi connectivity index (χ4n) is 1.51. The fourth-order valence-corrected chi connectivity index (χ4v) is 1.51. The third-order valence-electron chi connectivity index (χ3n) is 2.18. The highest BCUT2D eigenvalue weighted by molar-refractivity contribution is 5.32. The maximum absolute atomic E-state index is 4.51. The molecule has 0 amide bonds. The average molecular weight is 150 g/mol. The third-order valence-corrected chi connectivity index (χ3v) is 2.18. The maximum Gasteiger partial charge on any atom is 0.106 e. The SMILES string of the molecule is Cc1nc(C(C)(C)C)c2n1C2. The number of hydrogen-bond acceptors (Lipinski definition) is 1. The van der Waals surface area contributed by atoms with Crippen molar-refractivity contribution < 1.29 is 0 Å². The topological polar surface area (TPSA) is 17.8 Å². The van der Waals surface area contributed by atoms with Gasteiger partial charge < -0.3 is 4.57 Å². The molecule has 2 heterocycles. The van der Waals surface area contributed by atoms with E-state index in [4.69, 9.17) is 0 Å². The summed E-state index contributed by atoms with van der Waals surface area (Å²) in [7, 11) is 0. The number of fused-ring (bicyclic) bond motifs is 1. The molecule has 0 N–H and O–H groups in total. The molecule has 1 aromatic rings. The predicted molar refractivity (Wildman–Crippen MR) is 44.8 cm³/mol. The van der Waals surface area contributed by atoms with Crippen LogP contribution >= 0.6 is 0 Å². The monoisotopic (exact) mass is 150 g/mol. The highest BCUT2D eigenvalue weighted by atomic mass is 15.2. The summed E-state index contributed by atoms with van der Waals surface area (Å²) >= 11 is 0. The van der Waals surface area contributed by atoms with E-state index < -0.39 is 0 Å². The summed E-state index contributed by atoms with van der Waals surface area (Å²) < 4.78 is 2.26. The standard InChI is InChI=1S/C9H14N2/c1-6-10-8(9(2,3)4)7-5-11(6)7/h5H2,1-4H3. The molecule has 1 aliphatic heterocycles. The number of aryl methyl sites for hydroxylation is 1. The minimum atomic E-state index is 0.224. The van der Waals surface area contributed by atoms with Gasteiger partial charge in [-0.05, 0) is 6.92 Å². The number of rotatable bonds is 0. The van der Waals surface area contributed by atoms with Crippen LogP contribution in [0.1, 0.15) is 38.0 Å². The fraction of sp³-hybridized carbons (Fsp3) is 0.667. The molecule has 2 rings (SSSR count). The lowest BCUT2D eigenvalue weighted by Gasteiger charge is -2.14. The summed E-state index contributed by atoms with van der Waals surface area (Å²) in [5.74, 6) is 1.17. The second kappa shape index (κ2) is 1.68. The number of nitrogens with zero attached hydrogens (tertiary/aromatic N) is 2. The van der Waals surface area contributed by atoms with Crippen LogP contribution in [0.15, 0.2) is 0 Å². The summed E-state index contributed by atoms with van der Waals surface area (Å²) in [4.78, 5) is 4.51. The molecule has 2 nitrogen and oxygen atoms in total. The molecule has 0 unspecified atom stereocenters. The smallest absolute Gasteiger partial charge is 0.106 e. The van der Waals surface area contributed by atoms with Crippen LogP contribution in [0.25, 0.3) is 0 Å². The first kappa shape index (κ1) is 6.89. The third kappa shape index (κ3) is 0.889. The van der Waals surface area contributed by atoms with E-state index in [1.54, 1.807) is 0 Å². The normalized spacial score (nSPS) is 14.9. The first-order valence-corrected chi connectivity index (χ1v) is 4.06. The Labute approximate surface area is 67.3 Å². The Bertz CT molecular complexity index is 302. The Balaban J connectivity index is 2.49. The second-order valence-electron chi connectivity index (χ2n) is 4.29. The van der Waals surface area contributed by atoms with Crippen LogP contribution in [0.4, 0.5) is 0 Å². The molecular weight excluding hydrogens is 136 g/mol. The molecule has 0 atom stereocenters. The highest BCUT2D eigenvalue weighted by Gasteiger charge is 2.31. The molecule has 0 saturated heterocycles. The quantitative estimate of drug-likeness (QED) is 0.560. The van der Waals surface area contributed by atoms with Gasteiger partial charge in [-0.25, -0.2) is 4.98 Å². The zero-order valence-corrected chi connectivity index (χ0v) is 7.60. The largest absolute Gasteiger partial charge is 0.324 e. The molecule has 1 aromatic heterocycles. The van der Waals surface area contributed by atoms with Crippen molar-refractivity contribution in [3.8, 4) is 0 Å². The highest BCUT2D eigenvalue weighted by Crippen LogP contribution is 2.33. The molecule has 60 valence electrons. The molecule has 11 heavy (non-hydrogen) atoms. The van der Waals surface area contributed by atoms with Gasteiger partial charge in [-0.15, -0.1) is 0 Å². The van der Waals surface area contributed by atoms with Crippen molar-refractivity contribution in [2.45, 2.75) is 39.7 Å². The number of hydrogen-bond donors (Lipinski definition) is 0. The van der Waals surface area contributed by atoms with E-state index in [1.165, 1.54) is 17.2 Å². The summed E-state index contributed by atoms with van der Waals surface area (Å²) in [6, 6.07) is 0. The van der Waals surface area contributed by atoms with Crippen LogP contribution in [0.5, 0.6) is 0 Å². The van der Waals surface area contributed by atoms with Gasteiger partial charge in [0, 0.05) is 5.41 Å². The van der Waals surface area contributed by atoms with Crippen LogP contribution in [-0.2, 0) is 12.0 Å². The summed E-state index contributed by atoms with van der Waals surface area (Å²) in [5.41, 5.74) is 2.95. The Hall–Kier alpha value is -0.790. The second-order valence-corrected chi connectivity index (χ2v) is 4.29. The zero-order chi connectivity index (χ0) is 8.22. The maximum atomic E-state index is 4.51. The molecule has 1 aliphatic rings. The molecule has 0 spiro atoms. The Kier molecular flexibility index (Phi) is 1.05. The van der Waals surface area contributed by atoms with Crippen LogP contribution in [0, 0.1) is 6.92 Å². The van der Waals surface area contributed by atoms with Gasteiger partial charge >= 0.3 is 0 Å². The van der Waals surface area contributed by atoms with E-state index in [1.807, 2.05) is 0 Å². The molecule has 0 saturated carbocycles. The van der Waals surface area contributed by atoms with E-state index in [0.717, 1.165) is 6.54 Å². The minimum absolute atomic E-state index is 0.224. The molecule has 0 aliphatic carbocycles. The molecule has 0 fully saturated rings. The van der Waals surface area contributed by atoms with E-state index >= 15 is 0 Å². The Morgan fingerprint density at radius 1 is 1.36 bits per heavy atom. The lowest BCUT2D eigenvalue weighted by atomic mass is 9.92. The molecule has 0 aromatic carbocycles. The van der Waals surface area contributed by atoms with Crippen molar-refractivity contribution in [2.75, 3.05) is 0 Å². The lowest BCUT2D eigenvalue weighted by molar-refractivity contribution is 0.568. The van der Waals surface area contributed by atoms with Crippen LogP contribution in [0.3, 0.4) is 0 Å². The molecule has 2 heteroatoms. The average Bonchev–Trinajstić information content (AvgIpc) is 2.53.